The molecule has 1 aromatic carbocycles. The number of amides is 1. The summed E-state index contributed by atoms with van der Waals surface area (Å²) >= 11 is 1.47. The van der Waals surface area contributed by atoms with E-state index in [9.17, 15) is 18.7 Å². The average Bonchev–Trinajstić information content (AvgIpc) is 3.10. The third kappa shape index (κ3) is 3.03. The van der Waals surface area contributed by atoms with E-state index in [1.54, 1.807) is 6.07 Å². The van der Waals surface area contributed by atoms with Gasteiger partial charge in [0.1, 0.15) is 0 Å². The van der Waals surface area contributed by atoms with Crippen LogP contribution in [0.4, 0.5) is 8.78 Å². The second kappa shape index (κ2) is 6.14. The van der Waals surface area contributed by atoms with Crippen LogP contribution in [0.3, 0.4) is 0 Å². The number of thiophene rings is 1. The van der Waals surface area contributed by atoms with Gasteiger partial charge in [-0.1, -0.05) is 12.1 Å². The first kappa shape index (κ1) is 15.1. The first-order chi connectivity index (χ1) is 10.6. The van der Waals surface area contributed by atoms with Crippen molar-refractivity contribution < 1.29 is 18.7 Å². The number of halogens is 2. The lowest BCUT2D eigenvalue weighted by Crippen LogP contribution is -2.29. The molecule has 0 radical (unpaired) electrons. The van der Waals surface area contributed by atoms with Gasteiger partial charge in [0.25, 0.3) is 0 Å². The maximum atomic E-state index is 13.7. The predicted octanol–water partition coefficient (Wildman–Crippen LogP) is 2.98. The maximum Gasteiger partial charge on any atom is 0.223 e. The van der Waals surface area contributed by atoms with Crippen LogP contribution in [0, 0.1) is 17.6 Å². The third-order valence-electron chi connectivity index (χ3n) is 3.91. The van der Waals surface area contributed by atoms with E-state index in [1.807, 2.05) is 10.8 Å². The molecule has 0 aliphatic heterocycles. The van der Waals surface area contributed by atoms with Crippen LogP contribution in [0.2, 0.25) is 0 Å². The van der Waals surface area contributed by atoms with E-state index in [0.29, 0.717) is 6.42 Å². The number of nitrogens with one attached hydrogen (secondary N) is 1. The van der Waals surface area contributed by atoms with Crippen molar-refractivity contribution in [2.45, 2.75) is 18.4 Å². The summed E-state index contributed by atoms with van der Waals surface area (Å²) in [6, 6.07) is 5.81. The van der Waals surface area contributed by atoms with E-state index >= 15 is 0 Å². The molecule has 6 heteroatoms. The molecule has 1 heterocycles. The van der Waals surface area contributed by atoms with Crippen molar-refractivity contribution in [2.75, 3.05) is 6.54 Å². The summed E-state index contributed by atoms with van der Waals surface area (Å²) in [5.74, 6) is -2.64. The molecule has 1 aliphatic rings. The van der Waals surface area contributed by atoms with Gasteiger partial charge in [-0.15, -0.1) is 0 Å². The third-order valence-corrected chi connectivity index (χ3v) is 4.61. The first-order valence-corrected chi connectivity index (χ1v) is 7.94. The summed E-state index contributed by atoms with van der Waals surface area (Å²) in [5.41, 5.74) is 1.01. The quantitative estimate of drug-likeness (QED) is 0.889. The molecule has 0 bridgehead atoms. The van der Waals surface area contributed by atoms with Crippen LogP contribution in [0.15, 0.2) is 35.0 Å². The minimum absolute atomic E-state index is 0.115. The second-order valence-electron chi connectivity index (χ2n) is 5.41. The van der Waals surface area contributed by atoms with E-state index in [4.69, 9.17) is 0 Å². The number of rotatable bonds is 5. The lowest BCUT2D eigenvalue weighted by Gasteiger charge is -2.10. The molecule has 1 aliphatic carbocycles. The topological polar surface area (TPSA) is 49.3 Å². The monoisotopic (exact) mass is 323 g/mol. The summed E-state index contributed by atoms with van der Waals surface area (Å²) in [6.45, 7) is 0.115. The molecule has 22 heavy (non-hydrogen) atoms. The van der Waals surface area contributed by atoms with Crippen LogP contribution in [0.1, 0.15) is 29.6 Å². The highest BCUT2D eigenvalue weighted by atomic mass is 32.1. The van der Waals surface area contributed by atoms with Crippen LogP contribution in [0.5, 0.6) is 0 Å². The summed E-state index contributed by atoms with van der Waals surface area (Å²) in [7, 11) is 0. The normalized spacial score (nSPS) is 21.4. The van der Waals surface area contributed by atoms with Gasteiger partial charge in [-0.05, 0) is 46.4 Å². The number of hydrogen-bond donors (Lipinski definition) is 2. The molecule has 1 aromatic heterocycles. The van der Waals surface area contributed by atoms with Crippen molar-refractivity contribution in [2.24, 2.45) is 5.92 Å². The van der Waals surface area contributed by atoms with Gasteiger partial charge in [-0.3, -0.25) is 4.79 Å². The molecular weight excluding hydrogens is 308 g/mol. The Kier molecular flexibility index (Phi) is 4.22. The molecule has 1 saturated carbocycles. The van der Waals surface area contributed by atoms with Gasteiger partial charge < -0.3 is 10.4 Å². The maximum absolute atomic E-state index is 13.7. The number of carbonyl (C=O) groups excluding carboxylic acids is 1. The highest BCUT2D eigenvalue weighted by Gasteiger charge is 2.45. The van der Waals surface area contributed by atoms with Gasteiger partial charge in [0, 0.05) is 12.5 Å². The highest BCUT2D eigenvalue weighted by molar-refractivity contribution is 7.07. The molecule has 3 nitrogen and oxygen atoms in total. The summed E-state index contributed by atoms with van der Waals surface area (Å²) < 4.78 is 26.9. The van der Waals surface area contributed by atoms with Gasteiger partial charge in [0.2, 0.25) is 5.91 Å². The Morgan fingerprint density at radius 1 is 1.41 bits per heavy atom. The van der Waals surface area contributed by atoms with Crippen LogP contribution in [-0.4, -0.2) is 17.6 Å². The lowest BCUT2D eigenvalue weighted by molar-refractivity contribution is -0.122. The molecule has 3 rings (SSSR count). The zero-order valence-corrected chi connectivity index (χ0v) is 12.4. The van der Waals surface area contributed by atoms with E-state index in [0.717, 1.165) is 11.6 Å². The lowest BCUT2D eigenvalue weighted by atomic mass is 10.1. The van der Waals surface area contributed by atoms with Crippen molar-refractivity contribution in [1.82, 2.24) is 5.32 Å². The number of aliphatic hydroxyl groups excluding tert-OH is 1. The second-order valence-corrected chi connectivity index (χ2v) is 6.19. The standard InChI is InChI=1S/C16H15F2NO2S/c17-13-3-1-2-10(15(13)18)11-6-12(11)16(21)19-7-14(20)9-4-5-22-8-9/h1-5,8,11-12,14,20H,6-7H2,(H,19,21)/t11-,12-,14-/m0/s1. The predicted molar refractivity (Wildman–Crippen MR) is 79.5 cm³/mol. The summed E-state index contributed by atoms with van der Waals surface area (Å²) in [5, 5.41) is 16.2. The fraction of sp³-hybridized carbons (Fsp3) is 0.312. The molecule has 0 spiro atoms. The molecular formula is C16H15F2NO2S. The first-order valence-electron chi connectivity index (χ1n) is 6.99. The van der Waals surface area contributed by atoms with Crippen molar-refractivity contribution in [3.63, 3.8) is 0 Å². The SMILES string of the molecule is O=C(NC[C@H](O)c1ccsc1)[C@H]1C[C@H]1c1cccc(F)c1F. The molecule has 2 N–H and O–H groups in total. The number of benzene rings is 1. The Morgan fingerprint density at radius 3 is 2.95 bits per heavy atom. The molecule has 3 atom stereocenters. The van der Waals surface area contributed by atoms with Gasteiger partial charge >= 0.3 is 0 Å². The van der Waals surface area contributed by atoms with E-state index in [1.165, 1.54) is 23.5 Å². The smallest absolute Gasteiger partial charge is 0.223 e. The Hall–Kier alpha value is -1.79. The average molecular weight is 323 g/mol. The zero-order valence-electron chi connectivity index (χ0n) is 11.6. The van der Waals surface area contributed by atoms with Crippen LogP contribution >= 0.6 is 11.3 Å². The molecule has 0 saturated heterocycles. The fourth-order valence-electron chi connectivity index (χ4n) is 2.55. The van der Waals surface area contributed by atoms with Crippen LogP contribution < -0.4 is 5.32 Å². The van der Waals surface area contributed by atoms with Gasteiger partial charge in [-0.2, -0.15) is 11.3 Å². The minimum atomic E-state index is -0.892. The molecule has 1 amide bonds. The number of carbonyl (C=O) groups is 1. The largest absolute Gasteiger partial charge is 0.387 e. The van der Waals surface area contributed by atoms with Gasteiger partial charge in [-0.25, -0.2) is 8.78 Å². The zero-order chi connectivity index (χ0) is 15.7. The van der Waals surface area contributed by atoms with E-state index in [2.05, 4.69) is 5.32 Å². The Bertz CT molecular complexity index is 675. The van der Waals surface area contributed by atoms with E-state index < -0.39 is 17.7 Å². The van der Waals surface area contributed by atoms with Gasteiger partial charge in [0.15, 0.2) is 11.6 Å². The van der Waals surface area contributed by atoms with Crippen LogP contribution in [0.25, 0.3) is 0 Å². The number of aliphatic hydroxyl groups is 1. The molecule has 2 aromatic rings. The molecule has 1 fully saturated rings. The Balaban J connectivity index is 1.56. The Labute approximate surface area is 130 Å². The van der Waals surface area contributed by atoms with Crippen molar-refractivity contribution >= 4 is 17.2 Å². The molecule has 116 valence electrons. The van der Waals surface area contributed by atoms with Crippen molar-refractivity contribution in [1.29, 1.82) is 0 Å². The highest BCUT2D eigenvalue weighted by Crippen LogP contribution is 2.48. The Morgan fingerprint density at radius 2 is 2.23 bits per heavy atom. The summed E-state index contributed by atoms with van der Waals surface area (Å²) in [6.07, 6.45) is -0.251. The van der Waals surface area contributed by atoms with Crippen molar-refractivity contribution in [3.8, 4) is 0 Å². The molecule has 0 unspecified atom stereocenters. The van der Waals surface area contributed by atoms with Gasteiger partial charge in [0.05, 0.1) is 6.10 Å². The number of hydrogen-bond acceptors (Lipinski definition) is 3. The van der Waals surface area contributed by atoms with E-state index in [-0.39, 0.29) is 29.9 Å². The van der Waals surface area contributed by atoms with Crippen LogP contribution in [-0.2, 0) is 4.79 Å². The minimum Gasteiger partial charge on any atom is -0.387 e. The fourth-order valence-corrected chi connectivity index (χ4v) is 3.25. The summed E-state index contributed by atoms with van der Waals surface area (Å²) in [4.78, 5) is 12.0. The van der Waals surface area contributed by atoms with Crippen molar-refractivity contribution in [3.05, 3.63) is 57.8 Å².